The van der Waals surface area contributed by atoms with Crippen LogP contribution < -0.4 is 15.2 Å². The molecule has 0 aromatic heterocycles. The highest BCUT2D eigenvalue weighted by Gasteiger charge is 2.23. The Morgan fingerprint density at radius 1 is 1.29 bits per heavy atom. The summed E-state index contributed by atoms with van der Waals surface area (Å²) in [6, 6.07) is 3.12. The molecule has 0 bridgehead atoms. The van der Waals surface area contributed by atoms with E-state index in [1.165, 1.54) is 0 Å². The third kappa shape index (κ3) is 2.43. The Morgan fingerprint density at radius 2 is 1.88 bits per heavy atom. The second-order valence-corrected chi connectivity index (χ2v) is 4.79. The van der Waals surface area contributed by atoms with Crippen LogP contribution in [0.15, 0.2) is 12.1 Å². The summed E-state index contributed by atoms with van der Waals surface area (Å²) in [4.78, 5) is 11.9. The van der Waals surface area contributed by atoms with Crippen LogP contribution in [-0.4, -0.2) is 18.4 Å². The van der Waals surface area contributed by atoms with Gasteiger partial charge < -0.3 is 19.9 Å². The fourth-order valence-electron chi connectivity index (χ4n) is 1.47. The van der Waals surface area contributed by atoms with Crippen LogP contribution in [0.5, 0.6) is 11.5 Å². The molecule has 0 aliphatic carbocycles. The Bertz CT molecular complexity index is 462. The molecular weight excluding hydrogens is 222 g/mol. The van der Waals surface area contributed by atoms with Gasteiger partial charge in [0.05, 0.1) is 11.3 Å². The molecule has 2 N–H and O–H groups in total. The molecule has 0 fully saturated rings. The monoisotopic (exact) mass is 237 g/mol. The second kappa shape index (κ2) is 3.84. The molecule has 0 spiro atoms. The topological polar surface area (TPSA) is 70.8 Å². The quantitative estimate of drug-likeness (QED) is 0.597. The molecule has 0 saturated carbocycles. The van der Waals surface area contributed by atoms with Gasteiger partial charge in [-0.2, -0.15) is 0 Å². The van der Waals surface area contributed by atoms with Gasteiger partial charge >= 0.3 is 5.97 Å². The molecule has 0 radical (unpaired) electrons. The van der Waals surface area contributed by atoms with Gasteiger partial charge in [-0.1, -0.05) is 0 Å². The average molecular weight is 237 g/mol. The van der Waals surface area contributed by atoms with Gasteiger partial charge in [0.25, 0.3) is 0 Å². The summed E-state index contributed by atoms with van der Waals surface area (Å²) in [6.45, 7) is 5.54. The molecule has 0 amide bonds. The van der Waals surface area contributed by atoms with Gasteiger partial charge in [0.15, 0.2) is 11.5 Å². The lowest BCUT2D eigenvalue weighted by Crippen LogP contribution is -2.24. The minimum absolute atomic E-state index is 0.145. The van der Waals surface area contributed by atoms with Gasteiger partial charge in [0, 0.05) is 12.1 Å². The summed E-state index contributed by atoms with van der Waals surface area (Å²) in [5.41, 5.74) is 5.84. The van der Waals surface area contributed by atoms with Crippen molar-refractivity contribution in [2.45, 2.75) is 26.4 Å². The van der Waals surface area contributed by atoms with Crippen molar-refractivity contribution in [1.29, 1.82) is 0 Å². The van der Waals surface area contributed by atoms with E-state index in [4.69, 9.17) is 19.9 Å². The van der Waals surface area contributed by atoms with Crippen molar-refractivity contribution in [3.8, 4) is 11.5 Å². The van der Waals surface area contributed by atoms with Gasteiger partial charge in [-0.25, -0.2) is 4.79 Å². The summed E-state index contributed by atoms with van der Waals surface area (Å²) in [5.74, 6) is 0.600. The molecule has 2 rings (SSSR count). The molecule has 0 unspecified atom stereocenters. The van der Waals surface area contributed by atoms with Crippen LogP contribution in [0.2, 0.25) is 0 Å². The smallest absolute Gasteiger partial charge is 0.340 e. The Hall–Kier alpha value is -1.91. The Kier molecular flexibility index (Phi) is 2.61. The number of nitrogens with two attached hydrogens (primary N) is 1. The van der Waals surface area contributed by atoms with Crippen LogP contribution >= 0.6 is 0 Å². The van der Waals surface area contributed by atoms with Crippen molar-refractivity contribution in [3.63, 3.8) is 0 Å². The molecular formula is C12H15NO4. The van der Waals surface area contributed by atoms with Crippen molar-refractivity contribution in [2.24, 2.45) is 0 Å². The number of benzene rings is 1. The Balaban J connectivity index is 2.30. The summed E-state index contributed by atoms with van der Waals surface area (Å²) >= 11 is 0. The zero-order valence-electron chi connectivity index (χ0n) is 10.1. The number of hydrogen-bond acceptors (Lipinski definition) is 5. The van der Waals surface area contributed by atoms with Gasteiger partial charge in [-0.15, -0.1) is 0 Å². The fraction of sp³-hybridized carbons (Fsp3) is 0.417. The van der Waals surface area contributed by atoms with E-state index in [-0.39, 0.29) is 6.79 Å². The van der Waals surface area contributed by atoms with E-state index >= 15 is 0 Å². The molecule has 1 heterocycles. The van der Waals surface area contributed by atoms with E-state index in [1.54, 1.807) is 32.9 Å². The van der Waals surface area contributed by atoms with Gasteiger partial charge in [0.1, 0.15) is 5.60 Å². The molecule has 1 aromatic rings. The van der Waals surface area contributed by atoms with Crippen molar-refractivity contribution in [1.82, 2.24) is 0 Å². The lowest BCUT2D eigenvalue weighted by atomic mass is 10.1. The number of esters is 1. The lowest BCUT2D eigenvalue weighted by Gasteiger charge is -2.20. The second-order valence-electron chi connectivity index (χ2n) is 4.79. The number of ether oxygens (including phenoxy) is 3. The summed E-state index contributed by atoms with van der Waals surface area (Å²) in [5, 5.41) is 0. The van der Waals surface area contributed by atoms with E-state index < -0.39 is 11.6 Å². The molecule has 1 aromatic carbocycles. The van der Waals surface area contributed by atoms with Crippen LogP contribution in [-0.2, 0) is 4.74 Å². The number of carbonyl (C=O) groups is 1. The van der Waals surface area contributed by atoms with Crippen LogP contribution in [0.4, 0.5) is 5.69 Å². The van der Waals surface area contributed by atoms with Crippen molar-refractivity contribution >= 4 is 11.7 Å². The van der Waals surface area contributed by atoms with Crippen LogP contribution in [0.25, 0.3) is 0 Å². The largest absolute Gasteiger partial charge is 0.456 e. The van der Waals surface area contributed by atoms with E-state index in [9.17, 15) is 4.79 Å². The maximum Gasteiger partial charge on any atom is 0.340 e. The molecule has 17 heavy (non-hydrogen) atoms. The number of nitrogen functional groups attached to an aromatic ring is 1. The maximum atomic E-state index is 11.9. The Morgan fingerprint density at radius 3 is 2.47 bits per heavy atom. The van der Waals surface area contributed by atoms with Crippen molar-refractivity contribution in [3.05, 3.63) is 17.7 Å². The van der Waals surface area contributed by atoms with Gasteiger partial charge in [-0.3, -0.25) is 0 Å². The number of hydrogen-bond donors (Lipinski definition) is 1. The molecule has 1 aliphatic heterocycles. The molecule has 1 aliphatic rings. The number of rotatable bonds is 1. The minimum Gasteiger partial charge on any atom is -0.456 e. The summed E-state index contributed by atoms with van der Waals surface area (Å²) < 4.78 is 15.6. The van der Waals surface area contributed by atoms with E-state index in [2.05, 4.69) is 0 Å². The maximum absolute atomic E-state index is 11.9. The van der Waals surface area contributed by atoms with Gasteiger partial charge in [-0.05, 0) is 20.8 Å². The zero-order chi connectivity index (χ0) is 12.6. The lowest BCUT2D eigenvalue weighted by molar-refractivity contribution is 0.00705. The molecule has 5 heteroatoms. The predicted octanol–water partition coefficient (Wildman–Crippen LogP) is 1.95. The van der Waals surface area contributed by atoms with E-state index in [1.807, 2.05) is 0 Å². The van der Waals surface area contributed by atoms with Crippen LogP contribution in [0, 0.1) is 0 Å². The van der Waals surface area contributed by atoms with E-state index in [0.717, 1.165) is 0 Å². The highest BCUT2D eigenvalue weighted by Crippen LogP contribution is 2.36. The first kappa shape index (κ1) is 11.6. The predicted molar refractivity (Wildman–Crippen MR) is 62.1 cm³/mol. The Labute approximate surface area is 99.5 Å². The van der Waals surface area contributed by atoms with Crippen LogP contribution in [0.1, 0.15) is 31.1 Å². The third-order valence-electron chi connectivity index (χ3n) is 2.16. The summed E-state index contributed by atoms with van der Waals surface area (Å²) in [6.07, 6.45) is 0. The average Bonchev–Trinajstić information content (AvgIpc) is 2.60. The highest BCUT2D eigenvalue weighted by molar-refractivity contribution is 5.96. The standard InChI is InChI=1S/C12H15NO4/c1-12(2,3)17-11(14)7-4-9-10(5-8(7)13)16-6-15-9/h4-5H,6,13H2,1-3H3. The van der Waals surface area contributed by atoms with Crippen molar-refractivity contribution < 1.29 is 19.0 Å². The first-order valence-electron chi connectivity index (χ1n) is 5.29. The number of carbonyl (C=O) groups excluding carboxylic acids is 1. The van der Waals surface area contributed by atoms with Crippen molar-refractivity contribution in [2.75, 3.05) is 12.5 Å². The summed E-state index contributed by atoms with van der Waals surface area (Å²) in [7, 11) is 0. The molecule has 0 saturated heterocycles. The first-order valence-corrected chi connectivity index (χ1v) is 5.29. The molecule has 0 atom stereocenters. The third-order valence-corrected chi connectivity index (χ3v) is 2.16. The first-order chi connectivity index (χ1) is 7.87. The minimum atomic E-state index is -0.556. The van der Waals surface area contributed by atoms with Crippen LogP contribution in [0.3, 0.4) is 0 Å². The molecule has 5 nitrogen and oxygen atoms in total. The SMILES string of the molecule is CC(C)(C)OC(=O)c1cc2c(cc1N)OCO2. The zero-order valence-corrected chi connectivity index (χ0v) is 10.1. The fourth-order valence-corrected chi connectivity index (χ4v) is 1.47. The van der Waals surface area contributed by atoms with E-state index in [0.29, 0.717) is 22.7 Å². The number of fused-ring (bicyclic) bond motifs is 1. The highest BCUT2D eigenvalue weighted by atomic mass is 16.7. The normalized spacial score (nSPS) is 13.6. The number of anilines is 1. The van der Waals surface area contributed by atoms with Gasteiger partial charge in [0.2, 0.25) is 6.79 Å². The molecule has 92 valence electrons.